The lowest BCUT2D eigenvalue weighted by Gasteiger charge is -2.27. The number of para-hydroxylation sites is 1. The van der Waals surface area contributed by atoms with Crippen LogP contribution in [0.3, 0.4) is 0 Å². The molecule has 3 heterocycles. The molecular formula is C41H30ClN5. The molecule has 0 radical (unpaired) electrons. The second kappa shape index (κ2) is 12.5. The van der Waals surface area contributed by atoms with E-state index < -0.39 is 0 Å². The standard InChI is InChI=1S/C41H30ClN5/c42-41-36(45-31-21-24-38-34(27-31)33-13-4-5-16-37(33)47(38)40-18-7-9-26-44-40)15-10-17-39(41)46(28-29-11-2-1-3-12-29)32-22-19-30(20-23-32)35-14-6-8-25-43-35/h1-27,45H,28H2. The Morgan fingerprint density at radius 2 is 1.36 bits per heavy atom. The summed E-state index contributed by atoms with van der Waals surface area (Å²) in [4.78, 5) is 11.4. The van der Waals surface area contributed by atoms with Gasteiger partial charge < -0.3 is 10.2 Å². The molecule has 0 bridgehead atoms. The van der Waals surface area contributed by atoms with Gasteiger partial charge in [0.1, 0.15) is 5.82 Å². The van der Waals surface area contributed by atoms with Gasteiger partial charge in [0.05, 0.1) is 33.1 Å². The number of nitrogens with one attached hydrogen (secondary N) is 1. The number of halogens is 1. The molecule has 0 aliphatic heterocycles. The number of hydrogen-bond donors (Lipinski definition) is 1. The lowest BCUT2D eigenvalue weighted by Crippen LogP contribution is -2.17. The lowest BCUT2D eigenvalue weighted by molar-refractivity contribution is 0.976. The van der Waals surface area contributed by atoms with Crippen LogP contribution in [-0.2, 0) is 6.54 Å². The van der Waals surface area contributed by atoms with Crippen LogP contribution in [0, 0.1) is 0 Å². The summed E-state index contributed by atoms with van der Waals surface area (Å²) in [5.41, 5.74) is 9.14. The maximum atomic E-state index is 7.27. The molecule has 0 saturated carbocycles. The molecule has 0 aliphatic rings. The molecule has 0 atom stereocenters. The molecule has 5 aromatic carbocycles. The van der Waals surface area contributed by atoms with Crippen LogP contribution in [0.1, 0.15) is 5.56 Å². The summed E-state index contributed by atoms with van der Waals surface area (Å²) in [6.07, 6.45) is 3.65. The van der Waals surface area contributed by atoms with Gasteiger partial charge in [0.15, 0.2) is 0 Å². The van der Waals surface area contributed by atoms with E-state index in [0.29, 0.717) is 11.6 Å². The summed E-state index contributed by atoms with van der Waals surface area (Å²) in [5.74, 6) is 0.890. The number of benzene rings is 5. The van der Waals surface area contributed by atoms with E-state index in [9.17, 15) is 0 Å². The fraction of sp³-hybridized carbons (Fsp3) is 0.0244. The molecule has 0 aliphatic carbocycles. The Balaban J connectivity index is 1.17. The minimum Gasteiger partial charge on any atom is -0.354 e. The highest BCUT2D eigenvalue weighted by Gasteiger charge is 2.18. The predicted molar refractivity (Wildman–Crippen MR) is 195 cm³/mol. The molecule has 3 aromatic heterocycles. The number of nitrogens with zero attached hydrogens (tertiary/aromatic N) is 4. The molecule has 0 saturated heterocycles. The molecular weight excluding hydrogens is 598 g/mol. The van der Waals surface area contributed by atoms with E-state index in [1.54, 1.807) is 0 Å². The van der Waals surface area contributed by atoms with Gasteiger partial charge >= 0.3 is 0 Å². The van der Waals surface area contributed by atoms with E-state index in [2.05, 4.69) is 128 Å². The summed E-state index contributed by atoms with van der Waals surface area (Å²) >= 11 is 7.27. The molecule has 6 heteroatoms. The highest BCUT2D eigenvalue weighted by atomic mass is 35.5. The Hall–Kier alpha value is -5.91. The van der Waals surface area contributed by atoms with Gasteiger partial charge in [-0.2, -0.15) is 0 Å². The zero-order valence-electron chi connectivity index (χ0n) is 25.5. The number of anilines is 4. The van der Waals surface area contributed by atoms with Gasteiger partial charge in [-0.05, 0) is 78.4 Å². The van der Waals surface area contributed by atoms with E-state index in [1.807, 2.05) is 60.9 Å². The second-order valence-corrected chi connectivity index (χ2v) is 11.7. The van der Waals surface area contributed by atoms with Gasteiger partial charge in [0.2, 0.25) is 0 Å². The fourth-order valence-electron chi connectivity index (χ4n) is 6.19. The largest absolute Gasteiger partial charge is 0.354 e. The molecule has 8 aromatic rings. The van der Waals surface area contributed by atoms with Crippen LogP contribution >= 0.6 is 11.6 Å². The van der Waals surface area contributed by atoms with Crippen LogP contribution in [-0.4, -0.2) is 14.5 Å². The Morgan fingerprint density at radius 1 is 0.617 bits per heavy atom. The van der Waals surface area contributed by atoms with Crippen LogP contribution in [0.25, 0.3) is 38.9 Å². The Labute approximate surface area is 278 Å². The van der Waals surface area contributed by atoms with Crippen molar-refractivity contribution in [1.29, 1.82) is 0 Å². The van der Waals surface area contributed by atoms with E-state index in [-0.39, 0.29) is 0 Å². The van der Waals surface area contributed by atoms with Crippen molar-refractivity contribution >= 4 is 56.2 Å². The first-order valence-electron chi connectivity index (χ1n) is 15.6. The van der Waals surface area contributed by atoms with Gasteiger partial charge in [-0.15, -0.1) is 0 Å². The quantitative estimate of drug-likeness (QED) is 0.182. The number of hydrogen-bond acceptors (Lipinski definition) is 4. The first kappa shape index (κ1) is 28.6. The smallest absolute Gasteiger partial charge is 0.137 e. The van der Waals surface area contributed by atoms with Crippen molar-refractivity contribution in [2.75, 3.05) is 10.2 Å². The first-order valence-corrected chi connectivity index (χ1v) is 15.9. The van der Waals surface area contributed by atoms with Gasteiger partial charge in [-0.25, -0.2) is 4.98 Å². The van der Waals surface area contributed by atoms with Crippen molar-refractivity contribution in [2.45, 2.75) is 6.54 Å². The molecule has 0 fully saturated rings. The molecule has 47 heavy (non-hydrogen) atoms. The van der Waals surface area contributed by atoms with Crippen molar-refractivity contribution in [1.82, 2.24) is 14.5 Å². The monoisotopic (exact) mass is 627 g/mol. The zero-order chi connectivity index (χ0) is 31.6. The molecule has 226 valence electrons. The van der Waals surface area contributed by atoms with E-state index in [4.69, 9.17) is 11.6 Å². The van der Waals surface area contributed by atoms with Crippen molar-refractivity contribution in [3.63, 3.8) is 0 Å². The van der Waals surface area contributed by atoms with Gasteiger partial charge in [-0.1, -0.05) is 90.5 Å². The van der Waals surface area contributed by atoms with E-state index >= 15 is 0 Å². The maximum absolute atomic E-state index is 7.27. The fourth-order valence-corrected chi connectivity index (χ4v) is 6.47. The Morgan fingerprint density at radius 3 is 2.15 bits per heavy atom. The van der Waals surface area contributed by atoms with Gasteiger partial charge in [-0.3, -0.25) is 9.55 Å². The normalized spacial score (nSPS) is 11.2. The van der Waals surface area contributed by atoms with Crippen molar-refractivity contribution in [2.24, 2.45) is 0 Å². The van der Waals surface area contributed by atoms with Crippen LogP contribution < -0.4 is 10.2 Å². The molecule has 1 N–H and O–H groups in total. The van der Waals surface area contributed by atoms with Crippen molar-refractivity contribution in [3.8, 4) is 17.1 Å². The van der Waals surface area contributed by atoms with Crippen molar-refractivity contribution in [3.05, 3.63) is 175 Å². The highest BCUT2D eigenvalue weighted by molar-refractivity contribution is 6.36. The van der Waals surface area contributed by atoms with Crippen LogP contribution in [0.2, 0.25) is 5.02 Å². The van der Waals surface area contributed by atoms with E-state index in [0.717, 1.165) is 56.2 Å². The van der Waals surface area contributed by atoms with Crippen LogP contribution in [0.4, 0.5) is 22.7 Å². The highest BCUT2D eigenvalue weighted by Crippen LogP contribution is 2.40. The molecule has 0 unspecified atom stereocenters. The average molecular weight is 628 g/mol. The molecule has 8 rings (SSSR count). The average Bonchev–Trinajstić information content (AvgIpc) is 3.47. The first-order chi connectivity index (χ1) is 23.2. The lowest BCUT2D eigenvalue weighted by atomic mass is 10.1. The van der Waals surface area contributed by atoms with Crippen LogP contribution in [0.15, 0.2) is 164 Å². The third-order valence-electron chi connectivity index (χ3n) is 8.42. The molecule has 5 nitrogen and oxygen atoms in total. The minimum atomic E-state index is 0.647. The van der Waals surface area contributed by atoms with Crippen molar-refractivity contribution < 1.29 is 0 Å². The Bertz CT molecular complexity index is 2300. The second-order valence-electron chi connectivity index (χ2n) is 11.4. The van der Waals surface area contributed by atoms with Gasteiger partial charge in [0, 0.05) is 46.6 Å². The topological polar surface area (TPSA) is 46.0 Å². The molecule has 0 amide bonds. The summed E-state index contributed by atoms with van der Waals surface area (Å²) in [7, 11) is 0. The van der Waals surface area contributed by atoms with Gasteiger partial charge in [0.25, 0.3) is 0 Å². The number of aromatic nitrogens is 3. The number of fused-ring (bicyclic) bond motifs is 3. The molecule has 0 spiro atoms. The third kappa shape index (κ3) is 5.58. The SMILES string of the molecule is Clc1c(Nc2ccc3c(c2)c2ccccc2n3-c2ccccn2)cccc1N(Cc1ccccc1)c1ccc(-c2ccccn2)cc1. The summed E-state index contributed by atoms with van der Waals surface area (Å²) in [6.45, 7) is 0.659. The number of pyridine rings is 2. The summed E-state index contributed by atoms with van der Waals surface area (Å²) in [5, 5.41) is 6.58. The van der Waals surface area contributed by atoms with Crippen LogP contribution in [0.5, 0.6) is 0 Å². The summed E-state index contributed by atoms with van der Waals surface area (Å²) in [6, 6.07) is 51.9. The van der Waals surface area contributed by atoms with E-state index in [1.165, 1.54) is 10.9 Å². The maximum Gasteiger partial charge on any atom is 0.137 e. The Kier molecular flexibility index (Phi) is 7.58. The zero-order valence-corrected chi connectivity index (χ0v) is 26.2. The predicted octanol–water partition coefficient (Wildman–Crippen LogP) is 11.0. The third-order valence-corrected chi connectivity index (χ3v) is 8.82. The summed E-state index contributed by atoms with van der Waals surface area (Å²) < 4.78 is 2.21. The number of rotatable bonds is 8. The minimum absolute atomic E-state index is 0.647.